The number of imidazole rings is 1. The molecule has 4 rings (SSSR count). The van der Waals surface area contributed by atoms with Crippen LogP contribution in [0, 0.1) is 0 Å². The van der Waals surface area contributed by atoms with Crippen molar-refractivity contribution < 1.29 is 0 Å². The summed E-state index contributed by atoms with van der Waals surface area (Å²) in [5.41, 5.74) is 4.03. The minimum Gasteiger partial charge on any atom is -0.378 e. The van der Waals surface area contributed by atoms with Gasteiger partial charge in [-0.25, -0.2) is 4.79 Å². The van der Waals surface area contributed by atoms with E-state index in [0.29, 0.717) is 6.04 Å². The third-order valence-electron chi connectivity index (χ3n) is 3.91. The van der Waals surface area contributed by atoms with Gasteiger partial charge in [-0.05, 0) is 54.5 Å². The van der Waals surface area contributed by atoms with E-state index in [2.05, 4.69) is 26.7 Å². The van der Waals surface area contributed by atoms with E-state index in [-0.39, 0.29) is 5.69 Å². The molecule has 20 heavy (non-hydrogen) atoms. The molecule has 5 heteroatoms. The zero-order chi connectivity index (χ0) is 13.5. The second-order valence-electron chi connectivity index (χ2n) is 5.23. The molecule has 0 amide bonds. The highest BCUT2D eigenvalue weighted by Crippen LogP contribution is 2.35. The van der Waals surface area contributed by atoms with Gasteiger partial charge in [0.15, 0.2) is 0 Å². The highest BCUT2D eigenvalue weighted by molar-refractivity contribution is 7.10. The molecule has 0 bridgehead atoms. The lowest BCUT2D eigenvalue weighted by Gasteiger charge is -2.24. The van der Waals surface area contributed by atoms with Crippen LogP contribution in [0.3, 0.4) is 0 Å². The third-order valence-corrected chi connectivity index (χ3v) is 4.91. The zero-order valence-electron chi connectivity index (χ0n) is 10.9. The van der Waals surface area contributed by atoms with Crippen LogP contribution in [0.2, 0.25) is 0 Å². The molecular weight excluding hydrogens is 270 g/mol. The van der Waals surface area contributed by atoms with Crippen molar-refractivity contribution in [2.24, 2.45) is 0 Å². The van der Waals surface area contributed by atoms with E-state index in [4.69, 9.17) is 0 Å². The molecule has 2 aromatic heterocycles. The molecular formula is C15H15N3OS. The Kier molecular flexibility index (Phi) is 2.67. The number of anilines is 1. The molecule has 1 atom stereocenters. The lowest BCUT2D eigenvalue weighted by Crippen LogP contribution is -2.15. The van der Waals surface area contributed by atoms with Crippen molar-refractivity contribution in [3.05, 3.63) is 50.6 Å². The molecule has 0 aliphatic heterocycles. The van der Waals surface area contributed by atoms with Crippen molar-refractivity contribution in [2.75, 3.05) is 5.32 Å². The maximum absolute atomic E-state index is 11.3. The Bertz CT molecular complexity index is 814. The van der Waals surface area contributed by atoms with Crippen LogP contribution in [0.25, 0.3) is 11.0 Å². The van der Waals surface area contributed by atoms with Crippen LogP contribution in [-0.4, -0.2) is 9.97 Å². The maximum Gasteiger partial charge on any atom is 0.323 e. The summed E-state index contributed by atoms with van der Waals surface area (Å²) in [6.07, 6.45) is 3.59. The third kappa shape index (κ3) is 1.94. The van der Waals surface area contributed by atoms with Gasteiger partial charge in [-0.1, -0.05) is 0 Å². The Labute approximate surface area is 119 Å². The number of nitrogens with one attached hydrogen (secondary N) is 3. The van der Waals surface area contributed by atoms with Gasteiger partial charge in [0.25, 0.3) is 0 Å². The molecule has 0 fully saturated rings. The summed E-state index contributed by atoms with van der Waals surface area (Å²) < 4.78 is 0. The molecule has 3 N–H and O–H groups in total. The topological polar surface area (TPSA) is 60.7 Å². The monoisotopic (exact) mass is 285 g/mol. The molecule has 1 unspecified atom stereocenters. The molecule has 0 spiro atoms. The number of aromatic amines is 2. The van der Waals surface area contributed by atoms with Crippen molar-refractivity contribution in [3.63, 3.8) is 0 Å². The summed E-state index contributed by atoms with van der Waals surface area (Å²) >= 11 is 1.85. The highest BCUT2D eigenvalue weighted by atomic mass is 32.1. The van der Waals surface area contributed by atoms with Crippen molar-refractivity contribution in [1.29, 1.82) is 0 Å². The summed E-state index contributed by atoms with van der Waals surface area (Å²) in [6, 6.07) is 8.56. The van der Waals surface area contributed by atoms with Gasteiger partial charge in [-0.2, -0.15) is 0 Å². The number of aromatic nitrogens is 2. The Hall–Kier alpha value is -2.01. The summed E-state index contributed by atoms with van der Waals surface area (Å²) in [5.74, 6) is 0. The van der Waals surface area contributed by atoms with Gasteiger partial charge in [-0.15, -0.1) is 11.3 Å². The molecule has 1 aliphatic rings. The number of benzene rings is 1. The molecule has 1 aliphatic carbocycles. The van der Waals surface area contributed by atoms with Crippen LogP contribution in [-0.2, 0) is 6.42 Å². The minimum atomic E-state index is -0.157. The predicted octanol–water partition coefficient (Wildman–Crippen LogP) is 3.41. The van der Waals surface area contributed by atoms with Crippen LogP contribution in [0.5, 0.6) is 0 Å². The van der Waals surface area contributed by atoms with Gasteiger partial charge in [0.05, 0.1) is 17.1 Å². The Morgan fingerprint density at radius 3 is 3.05 bits per heavy atom. The first-order valence-electron chi connectivity index (χ1n) is 6.84. The van der Waals surface area contributed by atoms with Crippen molar-refractivity contribution in [2.45, 2.75) is 25.3 Å². The first kappa shape index (κ1) is 11.8. The van der Waals surface area contributed by atoms with E-state index in [1.165, 1.54) is 23.3 Å². The second-order valence-corrected chi connectivity index (χ2v) is 6.23. The zero-order valence-corrected chi connectivity index (χ0v) is 11.7. The fourth-order valence-electron chi connectivity index (χ4n) is 2.96. The smallest absolute Gasteiger partial charge is 0.323 e. The number of fused-ring (bicyclic) bond motifs is 2. The van der Waals surface area contributed by atoms with Crippen LogP contribution in [0.15, 0.2) is 34.4 Å². The van der Waals surface area contributed by atoms with Gasteiger partial charge in [0.2, 0.25) is 0 Å². The molecule has 0 saturated carbocycles. The Morgan fingerprint density at radius 1 is 1.20 bits per heavy atom. The number of hydrogen-bond acceptors (Lipinski definition) is 3. The molecule has 0 radical (unpaired) electrons. The lowest BCUT2D eigenvalue weighted by atomic mass is 9.94. The normalized spacial score (nSPS) is 18.1. The Balaban J connectivity index is 1.66. The molecule has 3 aromatic rings. The van der Waals surface area contributed by atoms with Gasteiger partial charge in [0.1, 0.15) is 0 Å². The Morgan fingerprint density at radius 2 is 2.10 bits per heavy atom. The van der Waals surface area contributed by atoms with Crippen LogP contribution in [0.4, 0.5) is 5.69 Å². The number of rotatable bonds is 2. The molecule has 0 saturated heterocycles. The molecule has 102 valence electrons. The largest absolute Gasteiger partial charge is 0.378 e. The number of aryl methyl sites for hydroxylation is 1. The van der Waals surface area contributed by atoms with E-state index >= 15 is 0 Å². The average molecular weight is 285 g/mol. The highest BCUT2D eigenvalue weighted by Gasteiger charge is 2.20. The van der Waals surface area contributed by atoms with Gasteiger partial charge < -0.3 is 15.3 Å². The second kappa shape index (κ2) is 4.52. The summed E-state index contributed by atoms with van der Waals surface area (Å²) in [5, 5.41) is 5.77. The van der Waals surface area contributed by atoms with Crippen LogP contribution >= 0.6 is 11.3 Å². The van der Waals surface area contributed by atoms with Crippen molar-refractivity contribution >= 4 is 28.1 Å². The fraction of sp³-hybridized carbons (Fsp3) is 0.267. The summed E-state index contributed by atoms with van der Waals surface area (Å²) in [6.45, 7) is 0. The average Bonchev–Trinajstić information content (AvgIpc) is 3.03. The fourth-order valence-corrected chi connectivity index (χ4v) is 3.95. The molecule has 4 nitrogen and oxygen atoms in total. The van der Waals surface area contributed by atoms with E-state index < -0.39 is 0 Å². The lowest BCUT2D eigenvalue weighted by molar-refractivity contribution is 0.609. The SMILES string of the molecule is O=c1[nH]c2ccc(NC3CCCc4sccc43)cc2[nH]1. The number of H-pyrrole nitrogens is 2. The van der Waals surface area contributed by atoms with E-state index in [1.807, 2.05) is 29.5 Å². The van der Waals surface area contributed by atoms with Gasteiger partial charge in [-0.3, -0.25) is 0 Å². The quantitative estimate of drug-likeness (QED) is 0.675. The first-order chi connectivity index (χ1) is 9.79. The van der Waals surface area contributed by atoms with Gasteiger partial charge in [0, 0.05) is 10.6 Å². The predicted molar refractivity (Wildman–Crippen MR) is 82.5 cm³/mol. The van der Waals surface area contributed by atoms with Crippen LogP contribution in [0.1, 0.15) is 29.3 Å². The summed E-state index contributed by atoms with van der Waals surface area (Å²) in [7, 11) is 0. The molecule has 1 aromatic carbocycles. The van der Waals surface area contributed by atoms with E-state index in [1.54, 1.807) is 0 Å². The number of hydrogen-bond donors (Lipinski definition) is 3. The maximum atomic E-state index is 11.3. The van der Waals surface area contributed by atoms with Crippen molar-refractivity contribution in [3.8, 4) is 0 Å². The van der Waals surface area contributed by atoms with E-state index in [9.17, 15) is 4.79 Å². The molecule has 2 heterocycles. The summed E-state index contributed by atoms with van der Waals surface area (Å²) in [4.78, 5) is 18.4. The van der Waals surface area contributed by atoms with Gasteiger partial charge >= 0.3 is 5.69 Å². The first-order valence-corrected chi connectivity index (χ1v) is 7.72. The standard InChI is InChI=1S/C15H15N3OS/c19-15-17-12-5-4-9(8-13(12)18-15)16-11-2-1-3-14-10(11)6-7-20-14/h4-8,11,16H,1-3H2,(H2,17,18,19). The number of thiophene rings is 1. The van der Waals surface area contributed by atoms with Crippen molar-refractivity contribution in [1.82, 2.24) is 9.97 Å². The van der Waals surface area contributed by atoms with E-state index in [0.717, 1.165) is 23.1 Å². The minimum absolute atomic E-state index is 0.157. The van der Waals surface area contributed by atoms with Crippen LogP contribution < -0.4 is 11.0 Å².